The van der Waals surface area contributed by atoms with Crippen molar-refractivity contribution in [1.82, 2.24) is 0 Å². The summed E-state index contributed by atoms with van der Waals surface area (Å²) in [5, 5.41) is 2.85. The molecule has 0 aliphatic carbocycles. The van der Waals surface area contributed by atoms with E-state index in [1.807, 2.05) is 13.0 Å². The lowest BCUT2D eigenvalue weighted by Crippen LogP contribution is -2.36. The molecule has 1 saturated heterocycles. The fourth-order valence-electron chi connectivity index (χ4n) is 2.76. The van der Waals surface area contributed by atoms with Crippen LogP contribution in [-0.2, 0) is 9.53 Å². The first kappa shape index (κ1) is 18.3. The molecule has 132 valence electrons. The highest BCUT2D eigenvalue weighted by Gasteiger charge is 2.18. The quantitative estimate of drug-likeness (QED) is 0.802. The van der Waals surface area contributed by atoms with Crippen molar-refractivity contribution in [2.24, 2.45) is 11.7 Å². The Labute approximate surface area is 143 Å². The molecule has 1 aliphatic heterocycles. The van der Waals surface area contributed by atoms with Crippen LogP contribution in [0.4, 0.5) is 11.4 Å². The largest absolute Gasteiger partial charge is 0.378 e. The number of hydrogen-bond donors (Lipinski definition) is 2. The Morgan fingerprint density at radius 2 is 2.04 bits per heavy atom. The second-order valence-corrected chi connectivity index (χ2v) is 6.23. The first-order chi connectivity index (χ1) is 11.5. The third-order valence-electron chi connectivity index (χ3n) is 4.34. The molecule has 1 aromatic carbocycles. The van der Waals surface area contributed by atoms with E-state index in [4.69, 9.17) is 10.5 Å². The summed E-state index contributed by atoms with van der Waals surface area (Å²) >= 11 is 0. The van der Waals surface area contributed by atoms with Gasteiger partial charge in [-0.1, -0.05) is 26.7 Å². The maximum Gasteiger partial charge on any atom is 0.250 e. The van der Waals surface area contributed by atoms with Gasteiger partial charge in [-0.25, -0.2) is 0 Å². The van der Waals surface area contributed by atoms with Crippen LogP contribution in [0.25, 0.3) is 0 Å². The van der Waals surface area contributed by atoms with Gasteiger partial charge in [0.1, 0.15) is 0 Å². The van der Waals surface area contributed by atoms with E-state index in [2.05, 4.69) is 17.1 Å². The van der Waals surface area contributed by atoms with Gasteiger partial charge in [-0.3, -0.25) is 9.59 Å². The number of rotatable bonds is 7. The highest BCUT2D eigenvalue weighted by Crippen LogP contribution is 2.25. The van der Waals surface area contributed by atoms with Gasteiger partial charge in [-0.15, -0.1) is 0 Å². The van der Waals surface area contributed by atoms with Crippen LogP contribution in [0.5, 0.6) is 0 Å². The minimum atomic E-state index is -0.540. The van der Waals surface area contributed by atoms with E-state index in [1.165, 1.54) is 0 Å². The van der Waals surface area contributed by atoms with E-state index in [1.54, 1.807) is 12.1 Å². The van der Waals surface area contributed by atoms with Gasteiger partial charge in [0.05, 0.1) is 24.5 Å². The van der Waals surface area contributed by atoms with Gasteiger partial charge in [-0.05, 0) is 24.6 Å². The number of anilines is 2. The minimum absolute atomic E-state index is 0.0786. The standard InChI is InChI=1S/C18H27N3O3/c1-3-4-5-13(2)18(23)20-16-7-6-14(12-15(16)17(19)22)21-8-10-24-11-9-21/h6-7,12-13H,3-5,8-11H2,1-2H3,(H2,19,22)(H,20,23). The summed E-state index contributed by atoms with van der Waals surface area (Å²) < 4.78 is 5.34. The number of primary amides is 1. The van der Waals surface area contributed by atoms with E-state index in [-0.39, 0.29) is 11.8 Å². The molecule has 0 bridgehead atoms. The van der Waals surface area contributed by atoms with Gasteiger partial charge >= 0.3 is 0 Å². The van der Waals surface area contributed by atoms with Crippen LogP contribution in [0, 0.1) is 5.92 Å². The van der Waals surface area contributed by atoms with Gasteiger partial charge in [0.25, 0.3) is 5.91 Å². The zero-order valence-corrected chi connectivity index (χ0v) is 14.5. The summed E-state index contributed by atoms with van der Waals surface area (Å²) in [5.41, 5.74) is 7.25. The predicted octanol–water partition coefficient (Wildman–Crippen LogP) is 2.39. The first-order valence-corrected chi connectivity index (χ1v) is 8.60. The van der Waals surface area contributed by atoms with Crippen LogP contribution in [0.3, 0.4) is 0 Å². The number of ether oxygens (including phenoxy) is 1. The smallest absolute Gasteiger partial charge is 0.250 e. The fraction of sp³-hybridized carbons (Fsp3) is 0.556. The molecule has 1 fully saturated rings. The SMILES string of the molecule is CCCCC(C)C(=O)Nc1ccc(N2CCOCC2)cc1C(N)=O. The monoisotopic (exact) mass is 333 g/mol. The van der Waals surface area contributed by atoms with Crippen molar-refractivity contribution in [1.29, 1.82) is 0 Å². The third-order valence-corrected chi connectivity index (χ3v) is 4.34. The third kappa shape index (κ3) is 4.71. The Bertz CT molecular complexity index is 583. The number of nitrogens with zero attached hydrogens (tertiary/aromatic N) is 1. The zero-order valence-electron chi connectivity index (χ0n) is 14.5. The van der Waals surface area contributed by atoms with Gasteiger partial charge in [-0.2, -0.15) is 0 Å². The van der Waals surface area contributed by atoms with Crippen LogP contribution in [0.2, 0.25) is 0 Å². The molecule has 1 unspecified atom stereocenters. The number of carbonyl (C=O) groups excluding carboxylic acids is 2. The van der Waals surface area contributed by atoms with Gasteiger partial charge in [0.15, 0.2) is 0 Å². The van der Waals surface area contributed by atoms with Crippen LogP contribution in [0.15, 0.2) is 18.2 Å². The lowest BCUT2D eigenvalue weighted by molar-refractivity contribution is -0.119. The molecule has 0 spiro atoms. The number of carbonyl (C=O) groups is 2. The number of nitrogens with two attached hydrogens (primary N) is 1. The Morgan fingerprint density at radius 3 is 2.67 bits per heavy atom. The molecule has 1 aliphatic rings. The lowest BCUT2D eigenvalue weighted by Gasteiger charge is -2.29. The molecule has 1 atom stereocenters. The van der Waals surface area contributed by atoms with Crippen molar-refractivity contribution in [3.8, 4) is 0 Å². The molecule has 1 heterocycles. The summed E-state index contributed by atoms with van der Waals surface area (Å²) in [5.74, 6) is -0.712. The fourth-order valence-corrected chi connectivity index (χ4v) is 2.76. The maximum absolute atomic E-state index is 12.3. The summed E-state index contributed by atoms with van der Waals surface area (Å²) in [7, 11) is 0. The van der Waals surface area contributed by atoms with E-state index in [0.29, 0.717) is 24.5 Å². The average molecular weight is 333 g/mol. The van der Waals surface area contributed by atoms with Crippen LogP contribution in [0.1, 0.15) is 43.5 Å². The van der Waals surface area contributed by atoms with Crippen molar-refractivity contribution >= 4 is 23.2 Å². The van der Waals surface area contributed by atoms with E-state index < -0.39 is 5.91 Å². The molecule has 2 amide bonds. The summed E-state index contributed by atoms with van der Waals surface area (Å²) in [6, 6.07) is 5.42. The van der Waals surface area contributed by atoms with Gasteiger partial charge in [0, 0.05) is 24.7 Å². The normalized spacial score (nSPS) is 15.8. The molecule has 0 aromatic heterocycles. The maximum atomic E-state index is 12.3. The summed E-state index contributed by atoms with van der Waals surface area (Å²) in [6.07, 6.45) is 2.89. The Morgan fingerprint density at radius 1 is 1.33 bits per heavy atom. The Hall–Kier alpha value is -2.08. The molecule has 2 rings (SSSR count). The minimum Gasteiger partial charge on any atom is -0.378 e. The molecule has 6 heteroatoms. The Balaban J connectivity index is 2.14. The molecule has 0 saturated carbocycles. The number of hydrogen-bond acceptors (Lipinski definition) is 4. The van der Waals surface area contributed by atoms with Gasteiger partial charge < -0.3 is 20.7 Å². The number of unbranched alkanes of at least 4 members (excludes halogenated alkanes) is 1. The molecule has 3 N–H and O–H groups in total. The van der Waals surface area contributed by atoms with Crippen molar-refractivity contribution in [2.75, 3.05) is 36.5 Å². The zero-order chi connectivity index (χ0) is 17.5. The number of morpholine rings is 1. The van der Waals surface area contributed by atoms with Gasteiger partial charge in [0.2, 0.25) is 5.91 Å². The Kier molecular flexibility index (Phi) is 6.61. The summed E-state index contributed by atoms with van der Waals surface area (Å²) in [6.45, 7) is 6.88. The highest BCUT2D eigenvalue weighted by molar-refractivity contribution is 6.04. The van der Waals surface area contributed by atoms with Crippen molar-refractivity contribution in [2.45, 2.75) is 33.1 Å². The summed E-state index contributed by atoms with van der Waals surface area (Å²) in [4.78, 5) is 26.2. The van der Waals surface area contributed by atoms with E-state index in [0.717, 1.165) is 38.0 Å². The number of benzene rings is 1. The molecule has 0 radical (unpaired) electrons. The van der Waals surface area contributed by atoms with Crippen LogP contribution in [-0.4, -0.2) is 38.1 Å². The molecular formula is C18H27N3O3. The average Bonchev–Trinajstić information content (AvgIpc) is 2.60. The second-order valence-electron chi connectivity index (χ2n) is 6.23. The number of amides is 2. The number of nitrogens with one attached hydrogen (secondary N) is 1. The molecule has 6 nitrogen and oxygen atoms in total. The molecular weight excluding hydrogens is 306 g/mol. The van der Waals surface area contributed by atoms with E-state index >= 15 is 0 Å². The topological polar surface area (TPSA) is 84.7 Å². The first-order valence-electron chi connectivity index (χ1n) is 8.60. The molecule has 1 aromatic rings. The second kappa shape index (κ2) is 8.68. The van der Waals surface area contributed by atoms with Crippen molar-refractivity contribution in [3.63, 3.8) is 0 Å². The highest BCUT2D eigenvalue weighted by atomic mass is 16.5. The lowest BCUT2D eigenvalue weighted by atomic mass is 10.0. The molecule has 24 heavy (non-hydrogen) atoms. The van der Waals surface area contributed by atoms with Crippen LogP contribution >= 0.6 is 0 Å². The van der Waals surface area contributed by atoms with Crippen LogP contribution < -0.4 is 16.0 Å². The van der Waals surface area contributed by atoms with E-state index in [9.17, 15) is 9.59 Å². The van der Waals surface area contributed by atoms with Crippen molar-refractivity contribution < 1.29 is 14.3 Å². The van der Waals surface area contributed by atoms with Crippen molar-refractivity contribution in [3.05, 3.63) is 23.8 Å². The predicted molar refractivity (Wildman–Crippen MR) is 95.3 cm³/mol.